The molecule has 15 heavy (non-hydrogen) atoms. The first-order valence-electron chi connectivity index (χ1n) is 4.12. The molecule has 0 saturated heterocycles. The zero-order valence-corrected chi connectivity index (χ0v) is 7.40. The molecule has 8 heteroatoms. The van der Waals surface area contributed by atoms with Crippen molar-refractivity contribution in [3.05, 3.63) is 28.7 Å². The van der Waals surface area contributed by atoms with E-state index in [1.165, 1.54) is 10.7 Å². The number of aromatic nitrogens is 6. The lowest BCUT2D eigenvalue weighted by atomic mass is 10.4. The van der Waals surface area contributed by atoms with Crippen LogP contribution in [-0.2, 0) is 0 Å². The number of rotatable bonds is 0. The normalized spacial score (nSPS) is 11.2. The Hall–Kier alpha value is -2.51. The summed E-state index contributed by atoms with van der Waals surface area (Å²) >= 11 is 0. The van der Waals surface area contributed by atoms with Gasteiger partial charge in [-0.2, -0.15) is 9.19 Å². The zero-order valence-electron chi connectivity index (χ0n) is 7.40. The van der Waals surface area contributed by atoms with Crippen molar-refractivity contribution in [3.8, 4) is 0 Å². The number of nitrogens with zero attached hydrogens (tertiary/aromatic N) is 6. The van der Waals surface area contributed by atoms with Crippen molar-refractivity contribution in [1.82, 2.24) is 29.7 Å². The first-order chi connectivity index (χ1) is 7.29. The molecule has 0 aliphatic carbocycles. The van der Waals surface area contributed by atoms with Crippen molar-refractivity contribution in [2.24, 2.45) is 0 Å². The predicted molar refractivity (Wildman–Crippen MR) is 50.5 cm³/mol. The van der Waals surface area contributed by atoms with Crippen molar-refractivity contribution < 1.29 is 0 Å². The second-order valence-corrected chi connectivity index (χ2v) is 2.94. The summed E-state index contributed by atoms with van der Waals surface area (Å²) in [6, 6.07) is 3.40. The van der Waals surface area contributed by atoms with Crippen molar-refractivity contribution in [2.45, 2.75) is 0 Å². The summed E-state index contributed by atoms with van der Waals surface area (Å²) in [5, 5.41) is 10.8. The minimum atomic E-state index is -0.423. The third-order valence-corrected chi connectivity index (χ3v) is 2.10. The SMILES string of the molecule is Nn1c(=O)c2ncccc2n2nnnc12. The van der Waals surface area contributed by atoms with Gasteiger partial charge in [-0.25, -0.2) is 4.98 Å². The smallest absolute Gasteiger partial charge is 0.299 e. The fraction of sp³-hybridized carbons (Fsp3) is 0. The maximum atomic E-state index is 11.7. The molecule has 74 valence electrons. The molecule has 3 rings (SSSR count). The lowest BCUT2D eigenvalue weighted by molar-refractivity contribution is 0.831. The van der Waals surface area contributed by atoms with E-state index in [0.717, 1.165) is 4.68 Å². The van der Waals surface area contributed by atoms with E-state index in [2.05, 4.69) is 20.5 Å². The summed E-state index contributed by atoms with van der Waals surface area (Å²) in [4.78, 5) is 15.6. The number of nitrogens with two attached hydrogens (primary N) is 1. The van der Waals surface area contributed by atoms with Gasteiger partial charge in [-0.1, -0.05) is 5.10 Å². The molecule has 0 atom stereocenters. The molecule has 0 spiro atoms. The molecule has 3 heterocycles. The zero-order chi connectivity index (χ0) is 10.4. The summed E-state index contributed by atoms with van der Waals surface area (Å²) < 4.78 is 2.24. The third kappa shape index (κ3) is 0.870. The number of fused-ring (bicyclic) bond motifs is 3. The van der Waals surface area contributed by atoms with Crippen molar-refractivity contribution in [2.75, 3.05) is 5.84 Å². The molecule has 0 aromatic carbocycles. The van der Waals surface area contributed by atoms with E-state index in [1.807, 2.05) is 0 Å². The monoisotopic (exact) mass is 203 g/mol. The van der Waals surface area contributed by atoms with E-state index < -0.39 is 5.56 Å². The van der Waals surface area contributed by atoms with Gasteiger partial charge in [0.1, 0.15) is 5.52 Å². The molecule has 0 aliphatic heterocycles. The van der Waals surface area contributed by atoms with Crippen molar-refractivity contribution in [3.63, 3.8) is 0 Å². The van der Waals surface area contributed by atoms with Gasteiger partial charge in [0.2, 0.25) is 0 Å². The van der Waals surface area contributed by atoms with Gasteiger partial charge in [0.25, 0.3) is 11.3 Å². The van der Waals surface area contributed by atoms with Crippen LogP contribution in [0.1, 0.15) is 0 Å². The maximum Gasteiger partial charge on any atom is 0.299 e. The van der Waals surface area contributed by atoms with Gasteiger partial charge < -0.3 is 5.84 Å². The van der Waals surface area contributed by atoms with E-state index in [1.54, 1.807) is 12.1 Å². The van der Waals surface area contributed by atoms with E-state index >= 15 is 0 Å². The molecule has 3 aromatic heterocycles. The molecule has 0 aliphatic rings. The van der Waals surface area contributed by atoms with Gasteiger partial charge in [0, 0.05) is 6.20 Å². The van der Waals surface area contributed by atoms with Crippen LogP contribution >= 0.6 is 0 Å². The van der Waals surface area contributed by atoms with Crippen LogP contribution < -0.4 is 11.4 Å². The Bertz CT molecular complexity index is 712. The van der Waals surface area contributed by atoms with Gasteiger partial charge in [-0.15, -0.1) is 0 Å². The second kappa shape index (κ2) is 2.50. The highest BCUT2D eigenvalue weighted by atomic mass is 16.1. The van der Waals surface area contributed by atoms with Gasteiger partial charge in [0.05, 0.1) is 0 Å². The Kier molecular flexibility index (Phi) is 1.31. The Labute approximate surface area is 81.9 Å². The van der Waals surface area contributed by atoms with Crippen LogP contribution in [0.15, 0.2) is 23.1 Å². The Morgan fingerprint density at radius 2 is 2.27 bits per heavy atom. The molecular weight excluding hydrogens is 198 g/mol. The average molecular weight is 203 g/mol. The van der Waals surface area contributed by atoms with Crippen LogP contribution in [0.4, 0.5) is 0 Å². The van der Waals surface area contributed by atoms with E-state index in [0.29, 0.717) is 5.52 Å². The van der Waals surface area contributed by atoms with E-state index in [9.17, 15) is 4.79 Å². The Morgan fingerprint density at radius 3 is 3.13 bits per heavy atom. The van der Waals surface area contributed by atoms with Crippen LogP contribution in [0.25, 0.3) is 16.8 Å². The minimum absolute atomic E-state index is 0.181. The van der Waals surface area contributed by atoms with Gasteiger partial charge in [0.15, 0.2) is 5.52 Å². The molecule has 0 bridgehead atoms. The molecule has 0 unspecified atom stereocenters. The van der Waals surface area contributed by atoms with E-state index in [4.69, 9.17) is 5.84 Å². The fourth-order valence-electron chi connectivity index (χ4n) is 1.43. The number of pyridine rings is 1. The first-order valence-corrected chi connectivity index (χ1v) is 4.12. The highest BCUT2D eigenvalue weighted by molar-refractivity contribution is 5.75. The number of hydrogen-bond acceptors (Lipinski definition) is 6. The molecule has 0 fully saturated rings. The van der Waals surface area contributed by atoms with Crippen LogP contribution in [0.3, 0.4) is 0 Å². The largest absolute Gasteiger partial charge is 0.333 e. The summed E-state index contributed by atoms with van der Waals surface area (Å²) in [6.07, 6.45) is 1.51. The second-order valence-electron chi connectivity index (χ2n) is 2.94. The van der Waals surface area contributed by atoms with E-state index in [-0.39, 0.29) is 11.3 Å². The number of tetrazole rings is 1. The molecule has 2 N–H and O–H groups in total. The highest BCUT2D eigenvalue weighted by Crippen LogP contribution is 2.05. The maximum absolute atomic E-state index is 11.7. The first kappa shape index (κ1) is 7.85. The van der Waals surface area contributed by atoms with Crippen LogP contribution in [0.2, 0.25) is 0 Å². The number of hydrogen-bond donors (Lipinski definition) is 1. The number of nitrogen functional groups attached to an aromatic ring is 1. The summed E-state index contributed by atoms with van der Waals surface area (Å²) in [5.74, 6) is 5.71. The summed E-state index contributed by atoms with van der Waals surface area (Å²) in [5.41, 5.74) is 0.344. The molecule has 8 nitrogen and oxygen atoms in total. The van der Waals surface area contributed by atoms with Gasteiger partial charge in [-0.3, -0.25) is 4.79 Å². The van der Waals surface area contributed by atoms with Crippen LogP contribution in [0, 0.1) is 0 Å². The average Bonchev–Trinajstić information content (AvgIpc) is 2.75. The van der Waals surface area contributed by atoms with Gasteiger partial charge in [-0.05, 0) is 22.6 Å². The lowest BCUT2D eigenvalue weighted by Crippen LogP contribution is -2.30. The minimum Gasteiger partial charge on any atom is -0.333 e. The van der Waals surface area contributed by atoms with Crippen LogP contribution in [-0.4, -0.2) is 29.7 Å². The highest BCUT2D eigenvalue weighted by Gasteiger charge is 2.11. The lowest BCUT2D eigenvalue weighted by Gasteiger charge is -2.01. The fourth-order valence-corrected chi connectivity index (χ4v) is 1.43. The van der Waals surface area contributed by atoms with Crippen LogP contribution in [0.5, 0.6) is 0 Å². The summed E-state index contributed by atoms with van der Waals surface area (Å²) in [6.45, 7) is 0. The molecule has 3 aromatic rings. The summed E-state index contributed by atoms with van der Waals surface area (Å²) in [7, 11) is 0. The Morgan fingerprint density at radius 1 is 1.40 bits per heavy atom. The van der Waals surface area contributed by atoms with Gasteiger partial charge >= 0.3 is 0 Å². The Balaban J connectivity index is 2.77. The van der Waals surface area contributed by atoms with Crippen molar-refractivity contribution >= 4 is 16.8 Å². The topological polar surface area (TPSA) is 104 Å². The predicted octanol–water partition coefficient (Wildman–Crippen LogP) is -1.45. The standard InChI is InChI=1S/C7H5N7O/c8-13-6(15)5-4(2-1-3-9-5)14-7(13)10-11-12-14/h1-3H,8H2. The molecular formula is C7H5N7O. The third-order valence-electron chi connectivity index (χ3n) is 2.10. The van der Waals surface area contributed by atoms with Crippen molar-refractivity contribution in [1.29, 1.82) is 0 Å². The molecule has 0 radical (unpaired) electrons. The molecule has 0 saturated carbocycles. The molecule has 0 amide bonds. The quantitative estimate of drug-likeness (QED) is 0.448.